The van der Waals surface area contributed by atoms with Crippen molar-refractivity contribution in [1.82, 2.24) is 0 Å². The zero-order valence-electron chi connectivity index (χ0n) is 14.1. The van der Waals surface area contributed by atoms with Crippen LogP contribution in [0.3, 0.4) is 0 Å². The minimum absolute atomic E-state index is 0.0694. The highest BCUT2D eigenvalue weighted by Crippen LogP contribution is 2.29. The lowest BCUT2D eigenvalue weighted by molar-refractivity contribution is -0.118. The van der Waals surface area contributed by atoms with Crippen LogP contribution < -0.4 is 14.8 Å². The van der Waals surface area contributed by atoms with Crippen LogP contribution in [0, 0.1) is 0 Å². The first-order chi connectivity index (χ1) is 11.5. The van der Waals surface area contributed by atoms with Crippen LogP contribution in [0.1, 0.15) is 32.3 Å². The van der Waals surface area contributed by atoms with Crippen LogP contribution in [-0.4, -0.2) is 19.1 Å². The summed E-state index contributed by atoms with van der Waals surface area (Å²) in [5, 5.41) is 2.81. The van der Waals surface area contributed by atoms with E-state index in [2.05, 4.69) is 35.1 Å². The Morgan fingerprint density at radius 2 is 1.88 bits per heavy atom. The lowest BCUT2D eigenvalue weighted by atomic mass is 10.0. The molecule has 0 saturated carbocycles. The Balaban J connectivity index is 1.96. The van der Waals surface area contributed by atoms with Crippen molar-refractivity contribution in [3.8, 4) is 11.5 Å². The number of amides is 1. The number of hydrogen-bond acceptors (Lipinski definition) is 3. The highest BCUT2D eigenvalue weighted by molar-refractivity contribution is 9.10. The summed E-state index contributed by atoms with van der Waals surface area (Å²) in [6.45, 7) is 6.63. The highest BCUT2D eigenvalue weighted by Gasteiger charge is 2.10. The number of nitrogens with one attached hydrogen (secondary N) is 1. The Bertz CT molecular complexity index is 701. The van der Waals surface area contributed by atoms with Crippen LogP contribution in [0.2, 0.25) is 0 Å². The van der Waals surface area contributed by atoms with Gasteiger partial charge < -0.3 is 14.8 Å². The average molecular weight is 392 g/mol. The smallest absolute Gasteiger partial charge is 0.262 e. The zero-order valence-corrected chi connectivity index (χ0v) is 15.7. The predicted octanol–water partition coefficient (Wildman–Crippen LogP) is 4.99. The van der Waals surface area contributed by atoms with Crippen molar-refractivity contribution in [2.75, 3.05) is 18.5 Å². The largest absolute Gasteiger partial charge is 0.492 e. The molecule has 0 spiro atoms. The summed E-state index contributed by atoms with van der Waals surface area (Å²) >= 11 is 3.49. The SMILES string of the molecule is CCOc1ccccc1NC(=O)COc1ccc(C(C)C)cc1Br. The Hall–Kier alpha value is -2.01. The monoisotopic (exact) mass is 391 g/mol. The molecule has 0 bridgehead atoms. The van der Waals surface area contributed by atoms with Crippen LogP contribution in [0.4, 0.5) is 5.69 Å². The molecule has 0 aliphatic heterocycles. The summed E-state index contributed by atoms with van der Waals surface area (Å²) in [6.07, 6.45) is 0. The molecule has 0 aliphatic carbocycles. The van der Waals surface area contributed by atoms with Gasteiger partial charge in [0.2, 0.25) is 0 Å². The molecule has 0 aliphatic rings. The van der Waals surface area contributed by atoms with E-state index >= 15 is 0 Å². The Morgan fingerprint density at radius 3 is 2.54 bits per heavy atom. The van der Waals surface area contributed by atoms with E-state index in [1.807, 2.05) is 43.3 Å². The van der Waals surface area contributed by atoms with Crippen molar-refractivity contribution < 1.29 is 14.3 Å². The van der Waals surface area contributed by atoms with Crippen molar-refractivity contribution in [3.63, 3.8) is 0 Å². The van der Waals surface area contributed by atoms with Gasteiger partial charge in [-0.15, -0.1) is 0 Å². The molecule has 5 heteroatoms. The maximum atomic E-state index is 12.1. The molecule has 2 rings (SSSR count). The van der Waals surface area contributed by atoms with Gasteiger partial charge in [-0.25, -0.2) is 0 Å². The molecule has 0 fully saturated rings. The van der Waals surface area contributed by atoms with Crippen molar-refractivity contribution in [3.05, 3.63) is 52.5 Å². The van der Waals surface area contributed by atoms with Crippen LogP contribution >= 0.6 is 15.9 Å². The third-order valence-corrected chi connectivity index (χ3v) is 4.06. The molecule has 0 radical (unpaired) electrons. The normalized spacial score (nSPS) is 10.5. The fourth-order valence-corrected chi connectivity index (χ4v) is 2.69. The van der Waals surface area contributed by atoms with Gasteiger partial charge in [-0.3, -0.25) is 4.79 Å². The van der Waals surface area contributed by atoms with Crippen LogP contribution in [0.15, 0.2) is 46.9 Å². The first kappa shape index (κ1) is 18.3. The predicted molar refractivity (Wildman–Crippen MR) is 100.0 cm³/mol. The molecule has 1 amide bonds. The third kappa shape index (κ3) is 4.99. The van der Waals surface area contributed by atoms with Crippen LogP contribution in [0.25, 0.3) is 0 Å². The molecule has 1 N–H and O–H groups in total. The van der Waals surface area contributed by atoms with E-state index < -0.39 is 0 Å². The summed E-state index contributed by atoms with van der Waals surface area (Å²) < 4.78 is 11.9. The van der Waals surface area contributed by atoms with E-state index in [-0.39, 0.29) is 12.5 Å². The summed E-state index contributed by atoms with van der Waals surface area (Å²) in [5.41, 5.74) is 1.85. The third-order valence-electron chi connectivity index (χ3n) is 3.44. The molecule has 0 atom stereocenters. The summed E-state index contributed by atoms with van der Waals surface area (Å²) in [6, 6.07) is 13.2. The quantitative estimate of drug-likeness (QED) is 0.722. The van der Waals surface area contributed by atoms with E-state index in [0.717, 1.165) is 4.47 Å². The van der Waals surface area contributed by atoms with Crippen molar-refractivity contribution in [1.29, 1.82) is 0 Å². The van der Waals surface area contributed by atoms with Gasteiger partial charge in [0.05, 0.1) is 16.8 Å². The number of halogens is 1. The zero-order chi connectivity index (χ0) is 17.5. The van der Waals surface area contributed by atoms with Gasteiger partial charge >= 0.3 is 0 Å². The van der Waals surface area contributed by atoms with E-state index in [9.17, 15) is 4.79 Å². The number of ether oxygens (including phenoxy) is 2. The minimum Gasteiger partial charge on any atom is -0.492 e. The Kier molecular flexibility index (Phi) is 6.67. The lowest BCUT2D eigenvalue weighted by Gasteiger charge is -2.13. The van der Waals surface area contributed by atoms with E-state index in [4.69, 9.17) is 9.47 Å². The number of anilines is 1. The molecule has 0 aromatic heterocycles. The van der Waals surface area contributed by atoms with Gasteiger partial charge in [0.25, 0.3) is 5.91 Å². The number of benzene rings is 2. The van der Waals surface area contributed by atoms with E-state index in [1.165, 1.54) is 5.56 Å². The molecule has 0 saturated heterocycles. The maximum Gasteiger partial charge on any atom is 0.262 e. The van der Waals surface area contributed by atoms with Crippen molar-refractivity contribution >= 4 is 27.5 Å². The van der Waals surface area contributed by atoms with Crippen LogP contribution in [0.5, 0.6) is 11.5 Å². The molecule has 2 aromatic rings. The molecule has 24 heavy (non-hydrogen) atoms. The topological polar surface area (TPSA) is 47.6 Å². The van der Waals surface area contributed by atoms with Gasteiger partial charge in [0.15, 0.2) is 6.61 Å². The molecular formula is C19H22BrNO3. The highest BCUT2D eigenvalue weighted by atomic mass is 79.9. The molecule has 4 nitrogen and oxygen atoms in total. The number of para-hydroxylation sites is 2. The molecular weight excluding hydrogens is 370 g/mol. The standard InChI is InChI=1S/C19H22BrNO3/c1-4-23-18-8-6-5-7-16(18)21-19(22)12-24-17-10-9-14(13(2)3)11-15(17)20/h5-11,13H,4,12H2,1-3H3,(H,21,22). The second-order valence-corrected chi connectivity index (χ2v) is 6.46. The van der Waals surface area contributed by atoms with Crippen molar-refractivity contribution in [2.24, 2.45) is 0 Å². The molecule has 0 unspecified atom stereocenters. The molecule has 128 valence electrons. The number of carbonyl (C=O) groups excluding carboxylic acids is 1. The van der Waals surface area contributed by atoms with Gasteiger partial charge in [0.1, 0.15) is 11.5 Å². The Labute approximate surface area is 151 Å². The fourth-order valence-electron chi connectivity index (χ4n) is 2.17. The minimum atomic E-state index is -0.234. The second kappa shape index (κ2) is 8.73. The van der Waals surface area contributed by atoms with Crippen LogP contribution in [-0.2, 0) is 4.79 Å². The average Bonchev–Trinajstić information content (AvgIpc) is 2.55. The van der Waals surface area contributed by atoms with E-state index in [1.54, 1.807) is 6.07 Å². The molecule has 0 heterocycles. The second-order valence-electron chi connectivity index (χ2n) is 5.61. The fraction of sp³-hybridized carbons (Fsp3) is 0.316. The molecule has 2 aromatic carbocycles. The maximum absolute atomic E-state index is 12.1. The summed E-state index contributed by atoms with van der Waals surface area (Å²) in [7, 11) is 0. The first-order valence-corrected chi connectivity index (χ1v) is 8.74. The van der Waals surface area contributed by atoms with Gasteiger partial charge in [-0.1, -0.05) is 32.0 Å². The number of hydrogen-bond donors (Lipinski definition) is 1. The van der Waals surface area contributed by atoms with Gasteiger partial charge in [-0.05, 0) is 58.6 Å². The van der Waals surface area contributed by atoms with Gasteiger partial charge in [-0.2, -0.15) is 0 Å². The number of carbonyl (C=O) groups is 1. The van der Waals surface area contributed by atoms with E-state index in [0.29, 0.717) is 29.7 Å². The first-order valence-electron chi connectivity index (χ1n) is 7.95. The number of rotatable bonds is 7. The van der Waals surface area contributed by atoms with Crippen molar-refractivity contribution in [2.45, 2.75) is 26.7 Å². The van der Waals surface area contributed by atoms with Gasteiger partial charge in [0, 0.05) is 0 Å². The lowest BCUT2D eigenvalue weighted by Crippen LogP contribution is -2.20. The Morgan fingerprint density at radius 1 is 1.12 bits per heavy atom. The summed E-state index contributed by atoms with van der Waals surface area (Å²) in [4.78, 5) is 12.1. The summed E-state index contributed by atoms with van der Waals surface area (Å²) in [5.74, 6) is 1.50.